The Labute approximate surface area is 143 Å². The van der Waals surface area contributed by atoms with E-state index >= 15 is 0 Å². The fourth-order valence-electron chi connectivity index (χ4n) is 3.65. The Morgan fingerprint density at radius 3 is 2.75 bits per heavy atom. The van der Waals surface area contributed by atoms with E-state index in [4.69, 9.17) is 0 Å². The number of hydrogen-bond acceptors (Lipinski definition) is 3. The number of H-pyrrole nitrogens is 1. The molecule has 1 aliphatic heterocycles. The summed E-state index contributed by atoms with van der Waals surface area (Å²) in [4.78, 5) is 26.9. The molecular formula is C18H28N4O2. The molecule has 6 nitrogen and oxygen atoms in total. The van der Waals surface area contributed by atoms with Crippen LogP contribution < -0.4 is 5.32 Å². The normalized spacial score (nSPS) is 22.5. The highest BCUT2D eigenvalue weighted by Crippen LogP contribution is 2.44. The van der Waals surface area contributed by atoms with Crippen molar-refractivity contribution < 1.29 is 9.59 Å². The topological polar surface area (TPSA) is 78.1 Å². The van der Waals surface area contributed by atoms with Crippen molar-refractivity contribution in [2.24, 2.45) is 5.41 Å². The molecule has 2 N–H and O–H groups in total. The number of hydrogen-bond donors (Lipinski definition) is 2. The van der Waals surface area contributed by atoms with E-state index in [9.17, 15) is 9.59 Å². The first kappa shape index (κ1) is 17.0. The number of amides is 2. The lowest BCUT2D eigenvalue weighted by molar-refractivity contribution is -0.136. The molecule has 1 unspecified atom stereocenters. The molecule has 1 saturated heterocycles. The van der Waals surface area contributed by atoms with Gasteiger partial charge in [0.15, 0.2) is 0 Å². The molecule has 6 heteroatoms. The van der Waals surface area contributed by atoms with Gasteiger partial charge < -0.3 is 10.2 Å². The van der Waals surface area contributed by atoms with Gasteiger partial charge >= 0.3 is 0 Å². The molecule has 1 saturated carbocycles. The first-order chi connectivity index (χ1) is 11.4. The van der Waals surface area contributed by atoms with Crippen molar-refractivity contribution in [3.8, 4) is 0 Å². The number of likely N-dealkylation sites (tertiary alicyclic amines) is 1. The third kappa shape index (κ3) is 3.06. The van der Waals surface area contributed by atoms with E-state index < -0.39 is 0 Å². The molecule has 0 spiro atoms. The van der Waals surface area contributed by atoms with E-state index in [2.05, 4.69) is 36.3 Å². The molecular weight excluding hydrogens is 304 g/mol. The van der Waals surface area contributed by atoms with Crippen LogP contribution in [0.25, 0.3) is 0 Å². The second-order valence-corrected chi connectivity index (χ2v) is 7.56. The van der Waals surface area contributed by atoms with Gasteiger partial charge in [0.05, 0.1) is 0 Å². The predicted octanol–water partition coefficient (Wildman–Crippen LogP) is 2.44. The van der Waals surface area contributed by atoms with Crippen molar-refractivity contribution in [2.45, 2.75) is 64.8 Å². The molecule has 1 atom stereocenters. The number of rotatable bonds is 5. The zero-order valence-corrected chi connectivity index (χ0v) is 14.9. The summed E-state index contributed by atoms with van der Waals surface area (Å²) in [6.07, 6.45) is 4.86. The molecule has 0 bridgehead atoms. The number of nitrogens with one attached hydrogen (secondary N) is 2. The van der Waals surface area contributed by atoms with Crippen LogP contribution in [0.5, 0.6) is 0 Å². The van der Waals surface area contributed by atoms with Gasteiger partial charge in [-0.3, -0.25) is 14.7 Å². The summed E-state index contributed by atoms with van der Waals surface area (Å²) in [5.74, 6) is 0.443. The van der Waals surface area contributed by atoms with E-state index in [1.807, 2.05) is 6.07 Å². The highest BCUT2D eigenvalue weighted by Gasteiger charge is 2.43. The summed E-state index contributed by atoms with van der Waals surface area (Å²) in [6, 6.07) is 1.90. The van der Waals surface area contributed by atoms with E-state index in [-0.39, 0.29) is 23.3 Å². The average Bonchev–Trinajstić information content (AvgIpc) is 3.15. The third-order valence-corrected chi connectivity index (χ3v) is 5.72. The minimum absolute atomic E-state index is 0.0521. The first-order valence-corrected chi connectivity index (χ1v) is 9.11. The molecule has 132 valence electrons. The van der Waals surface area contributed by atoms with Crippen molar-refractivity contribution in [3.63, 3.8) is 0 Å². The first-order valence-electron chi connectivity index (χ1n) is 9.11. The summed E-state index contributed by atoms with van der Waals surface area (Å²) < 4.78 is 0. The Balaban J connectivity index is 1.56. The van der Waals surface area contributed by atoms with Crippen LogP contribution in [-0.2, 0) is 4.79 Å². The number of carbonyl (C=O) groups is 2. The molecule has 2 heterocycles. The van der Waals surface area contributed by atoms with E-state index in [1.165, 1.54) is 0 Å². The lowest BCUT2D eigenvalue weighted by atomic mass is 9.66. The Kier molecular flexibility index (Phi) is 4.65. The smallest absolute Gasteiger partial charge is 0.274 e. The van der Waals surface area contributed by atoms with Gasteiger partial charge in [0, 0.05) is 30.2 Å². The van der Waals surface area contributed by atoms with Crippen LogP contribution in [0.3, 0.4) is 0 Å². The van der Waals surface area contributed by atoms with Crippen molar-refractivity contribution in [2.75, 3.05) is 13.1 Å². The number of nitrogens with zero attached hydrogens (tertiary/aromatic N) is 2. The summed E-state index contributed by atoms with van der Waals surface area (Å²) in [6.45, 7) is 7.47. The third-order valence-electron chi connectivity index (χ3n) is 5.72. The van der Waals surface area contributed by atoms with Crippen LogP contribution in [0.1, 0.15) is 75.0 Å². The summed E-state index contributed by atoms with van der Waals surface area (Å²) in [7, 11) is 0. The van der Waals surface area contributed by atoms with E-state index in [0.717, 1.165) is 37.8 Å². The van der Waals surface area contributed by atoms with Crippen molar-refractivity contribution in [1.29, 1.82) is 0 Å². The largest absolute Gasteiger partial charge is 0.351 e. The summed E-state index contributed by atoms with van der Waals surface area (Å²) in [5.41, 5.74) is 1.29. The SMILES string of the molecule is CCC1(C(=O)NC2CCN(C(=O)c3cc(C(C)C)[nH]n3)C2)CCC1. The van der Waals surface area contributed by atoms with Crippen LogP contribution >= 0.6 is 0 Å². The maximum Gasteiger partial charge on any atom is 0.274 e. The maximum atomic E-state index is 12.6. The van der Waals surface area contributed by atoms with Crippen LogP contribution in [0, 0.1) is 5.41 Å². The van der Waals surface area contributed by atoms with Crippen LogP contribution in [0.15, 0.2) is 6.07 Å². The van der Waals surface area contributed by atoms with Crippen molar-refractivity contribution >= 4 is 11.8 Å². The second-order valence-electron chi connectivity index (χ2n) is 7.56. The van der Waals surface area contributed by atoms with Crippen molar-refractivity contribution in [3.05, 3.63) is 17.5 Å². The number of carbonyl (C=O) groups excluding carboxylic acids is 2. The van der Waals surface area contributed by atoms with Crippen molar-refractivity contribution in [1.82, 2.24) is 20.4 Å². The van der Waals surface area contributed by atoms with Gasteiger partial charge in [0.25, 0.3) is 5.91 Å². The zero-order valence-electron chi connectivity index (χ0n) is 14.9. The molecule has 0 aromatic carbocycles. The predicted molar refractivity (Wildman–Crippen MR) is 91.7 cm³/mol. The lowest BCUT2D eigenvalue weighted by Crippen LogP contribution is -2.49. The van der Waals surface area contributed by atoms with Gasteiger partial charge in [-0.15, -0.1) is 0 Å². The molecule has 2 fully saturated rings. The second kappa shape index (κ2) is 6.57. The fourth-order valence-corrected chi connectivity index (χ4v) is 3.65. The van der Waals surface area contributed by atoms with Crippen LogP contribution in [0.2, 0.25) is 0 Å². The van der Waals surface area contributed by atoms with Gasteiger partial charge in [-0.25, -0.2) is 0 Å². The molecule has 24 heavy (non-hydrogen) atoms. The lowest BCUT2D eigenvalue weighted by Gasteiger charge is -2.40. The Hall–Kier alpha value is -1.85. The molecule has 2 amide bonds. The molecule has 2 aliphatic rings. The highest BCUT2D eigenvalue weighted by atomic mass is 16.2. The van der Waals surface area contributed by atoms with E-state index in [1.54, 1.807) is 4.90 Å². The fraction of sp³-hybridized carbons (Fsp3) is 0.722. The van der Waals surface area contributed by atoms with Gasteiger partial charge in [-0.1, -0.05) is 27.2 Å². The highest BCUT2D eigenvalue weighted by molar-refractivity contribution is 5.92. The summed E-state index contributed by atoms with van der Waals surface area (Å²) >= 11 is 0. The molecule has 1 aromatic rings. The average molecular weight is 332 g/mol. The van der Waals surface area contributed by atoms with E-state index in [0.29, 0.717) is 24.7 Å². The molecule has 0 radical (unpaired) electrons. The minimum Gasteiger partial charge on any atom is -0.351 e. The van der Waals surface area contributed by atoms with Gasteiger partial charge in [0.1, 0.15) is 5.69 Å². The zero-order chi connectivity index (χ0) is 17.3. The molecule has 1 aromatic heterocycles. The number of aromatic nitrogens is 2. The Bertz CT molecular complexity index is 613. The molecule has 3 rings (SSSR count). The van der Waals surface area contributed by atoms with Gasteiger partial charge in [0.2, 0.25) is 5.91 Å². The maximum absolute atomic E-state index is 12.6. The van der Waals surface area contributed by atoms with Crippen LogP contribution in [0.4, 0.5) is 0 Å². The number of aromatic amines is 1. The quantitative estimate of drug-likeness (QED) is 0.869. The van der Waals surface area contributed by atoms with Gasteiger partial charge in [-0.2, -0.15) is 5.10 Å². The minimum atomic E-state index is -0.147. The molecule has 1 aliphatic carbocycles. The summed E-state index contributed by atoms with van der Waals surface area (Å²) in [5, 5.41) is 10.2. The van der Waals surface area contributed by atoms with Crippen LogP contribution in [-0.4, -0.2) is 46.0 Å². The van der Waals surface area contributed by atoms with Gasteiger partial charge in [-0.05, 0) is 37.7 Å². The standard InChI is InChI=1S/C18H28N4O2/c1-4-18(7-5-8-18)17(24)19-13-6-9-22(11-13)16(23)15-10-14(12(2)3)20-21-15/h10,12-13H,4-9,11H2,1-3H3,(H,19,24)(H,20,21). The monoisotopic (exact) mass is 332 g/mol. The Morgan fingerprint density at radius 2 is 2.21 bits per heavy atom. The Morgan fingerprint density at radius 1 is 1.46 bits per heavy atom.